The van der Waals surface area contributed by atoms with Crippen molar-refractivity contribution in [2.45, 2.75) is 19.8 Å². The molecule has 0 saturated heterocycles. The zero-order chi connectivity index (χ0) is 15.0. The molecule has 3 rings (SSSR count). The van der Waals surface area contributed by atoms with E-state index in [4.69, 9.17) is 10.00 Å². The second-order valence-corrected chi connectivity index (χ2v) is 5.51. The Hall–Kier alpha value is -2.79. The molecule has 1 heterocycles. The number of rotatable bonds is 3. The molecule has 1 fully saturated rings. The summed E-state index contributed by atoms with van der Waals surface area (Å²) in [6.07, 6.45) is 1.66. The van der Waals surface area contributed by atoms with E-state index in [-0.39, 0.29) is 12.2 Å². The largest absolute Gasteiger partial charge is 0.490 e. The number of nitrogens with one attached hydrogen (secondary N) is 1. The van der Waals surface area contributed by atoms with Gasteiger partial charge in [-0.05, 0) is 31.9 Å². The number of ether oxygens (including phenoxy) is 1. The first-order valence-corrected chi connectivity index (χ1v) is 6.69. The quantitative estimate of drug-likeness (QED) is 0.934. The van der Waals surface area contributed by atoms with E-state index in [1.165, 1.54) is 0 Å². The van der Waals surface area contributed by atoms with Crippen molar-refractivity contribution in [3.8, 4) is 17.9 Å². The highest BCUT2D eigenvalue weighted by atomic mass is 16.5. The van der Waals surface area contributed by atoms with Gasteiger partial charge in [-0.3, -0.25) is 4.79 Å². The van der Waals surface area contributed by atoms with Crippen LogP contribution in [0.2, 0.25) is 0 Å². The third-order valence-corrected chi connectivity index (χ3v) is 3.85. The fourth-order valence-electron chi connectivity index (χ4n) is 2.21. The number of benzene rings is 1. The van der Waals surface area contributed by atoms with Crippen molar-refractivity contribution in [3.05, 3.63) is 39.7 Å². The summed E-state index contributed by atoms with van der Waals surface area (Å²) >= 11 is 0. The number of aromatic nitrogens is 1. The Bertz CT molecular complexity index is 864. The molecule has 1 saturated carbocycles. The van der Waals surface area contributed by atoms with Crippen molar-refractivity contribution >= 4 is 10.9 Å². The summed E-state index contributed by atoms with van der Waals surface area (Å²) in [7, 11) is 0. The van der Waals surface area contributed by atoms with Crippen LogP contribution in [-0.4, -0.2) is 11.6 Å². The van der Waals surface area contributed by atoms with Gasteiger partial charge in [-0.1, -0.05) is 0 Å². The SMILES string of the molecule is Cc1cc2cc(C#N)c(OCC3(C#N)CC3)cc2[nH]c1=O. The lowest BCUT2D eigenvalue weighted by Crippen LogP contribution is -2.12. The van der Waals surface area contributed by atoms with E-state index >= 15 is 0 Å². The van der Waals surface area contributed by atoms with Gasteiger partial charge in [0, 0.05) is 17.0 Å². The van der Waals surface area contributed by atoms with Gasteiger partial charge in [0.25, 0.3) is 5.56 Å². The zero-order valence-corrected chi connectivity index (χ0v) is 11.6. The summed E-state index contributed by atoms with van der Waals surface area (Å²) in [6.45, 7) is 2.00. The monoisotopic (exact) mass is 279 g/mol. The molecule has 0 bridgehead atoms. The molecule has 1 N–H and O–H groups in total. The van der Waals surface area contributed by atoms with E-state index in [2.05, 4.69) is 17.1 Å². The molecule has 21 heavy (non-hydrogen) atoms. The highest BCUT2D eigenvalue weighted by Gasteiger charge is 2.44. The average Bonchev–Trinajstić information content (AvgIpc) is 3.26. The minimum atomic E-state index is -0.400. The van der Waals surface area contributed by atoms with Gasteiger partial charge in [-0.2, -0.15) is 10.5 Å². The molecule has 0 atom stereocenters. The zero-order valence-electron chi connectivity index (χ0n) is 11.6. The smallest absolute Gasteiger partial charge is 0.251 e. The van der Waals surface area contributed by atoms with Gasteiger partial charge in [0.2, 0.25) is 0 Å². The molecule has 0 amide bonds. The molecule has 104 valence electrons. The highest BCUT2D eigenvalue weighted by Crippen LogP contribution is 2.45. The minimum Gasteiger partial charge on any atom is -0.490 e. The first-order valence-electron chi connectivity index (χ1n) is 6.69. The Morgan fingerprint density at radius 3 is 2.71 bits per heavy atom. The number of pyridine rings is 1. The molecule has 1 aliphatic carbocycles. The number of hydrogen-bond donors (Lipinski definition) is 1. The maximum atomic E-state index is 11.7. The molecule has 5 nitrogen and oxygen atoms in total. The molecule has 5 heteroatoms. The van der Waals surface area contributed by atoms with Crippen LogP contribution in [0.3, 0.4) is 0 Å². The summed E-state index contributed by atoms with van der Waals surface area (Å²) in [5.74, 6) is 0.408. The molecule has 0 aliphatic heterocycles. The lowest BCUT2D eigenvalue weighted by Gasteiger charge is -2.11. The number of hydrogen-bond acceptors (Lipinski definition) is 4. The van der Waals surface area contributed by atoms with Gasteiger partial charge >= 0.3 is 0 Å². The number of nitriles is 2. The van der Waals surface area contributed by atoms with Gasteiger partial charge in [-0.15, -0.1) is 0 Å². The third kappa shape index (κ3) is 2.34. The summed E-state index contributed by atoms with van der Waals surface area (Å²) in [5, 5.41) is 19.1. The molecule has 0 radical (unpaired) electrons. The van der Waals surface area contributed by atoms with Crippen molar-refractivity contribution < 1.29 is 4.74 Å². The van der Waals surface area contributed by atoms with E-state index in [0.29, 0.717) is 22.4 Å². The van der Waals surface area contributed by atoms with E-state index in [1.807, 2.05) is 0 Å². The number of nitrogens with zero attached hydrogens (tertiary/aromatic N) is 2. The van der Waals surface area contributed by atoms with Gasteiger partial charge in [0.1, 0.15) is 18.4 Å². The Morgan fingerprint density at radius 2 is 2.10 bits per heavy atom. The van der Waals surface area contributed by atoms with Gasteiger partial charge in [0.05, 0.1) is 22.6 Å². The van der Waals surface area contributed by atoms with Crippen molar-refractivity contribution in [3.63, 3.8) is 0 Å². The van der Waals surface area contributed by atoms with Gasteiger partial charge < -0.3 is 9.72 Å². The standard InChI is InChI=1S/C16H13N3O2/c1-10-4-11-5-12(7-17)14(6-13(11)19-15(10)20)21-9-16(8-18)2-3-16/h4-6H,2-3,9H2,1H3,(H,19,20). The van der Waals surface area contributed by atoms with Crippen molar-refractivity contribution in [1.82, 2.24) is 4.98 Å². The summed E-state index contributed by atoms with van der Waals surface area (Å²) in [5.41, 5.74) is 1.07. The van der Waals surface area contributed by atoms with Crippen LogP contribution >= 0.6 is 0 Å². The summed E-state index contributed by atoms with van der Waals surface area (Å²) in [4.78, 5) is 14.4. The third-order valence-electron chi connectivity index (χ3n) is 3.85. The molecule has 2 aromatic rings. The normalized spacial score (nSPS) is 15.2. The molecule has 1 aromatic carbocycles. The number of aryl methyl sites for hydroxylation is 1. The maximum Gasteiger partial charge on any atom is 0.251 e. The number of H-pyrrole nitrogens is 1. The van der Waals surface area contributed by atoms with Crippen LogP contribution in [-0.2, 0) is 0 Å². The van der Waals surface area contributed by atoms with Crippen LogP contribution in [0.15, 0.2) is 23.0 Å². The molecule has 1 aromatic heterocycles. The van der Waals surface area contributed by atoms with Crippen molar-refractivity contribution in [1.29, 1.82) is 10.5 Å². The average molecular weight is 279 g/mol. The molecule has 0 spiro atoms. The van der Waals surface area contributed by atoms with Crippen LogP contribution in [0.1, 0.15) is 24.0 Å². The fourth-order valence-corrected chi connectivity index (χ4v) is 2.21. The second-order valence-electron chi connectivity index (χ2n) is 5.51. The van der Waals surface area contributed by atoms with Crippen LogP contribution in [0.25, 0.3) is 10.9 Å². The number of fused-ring (bicyclic) bond motifs is 1. The number of aromatic amines is 1. The van der Waals surface area contributed by atoms with E-state index < -0.39 is 5.41 Å². The highest BCUT2D eigenvalue weighted by molar-refractivity contribution is 5.82. The van der Waals surface area contributed by atoms with Crippen LogP contribution in [0.5, 0.6) is 5.75 Å². The van der Waals surface area contributed by atoms with Crippen LogP contribution < -0.4 is 10.3 Å². The van der Waals surface area contributed by atoms with E-state index in [1.54, 1.807) is 25.1 Å². The first kappa shape index (κ1) is 13.2. The predicted molar refractivity (Wildman–Crippen MR) is 76.8 cm³/mol. The van der Waals surface area contributed by atoms with E-state index in [0.717, 1.165) is 18.2 Å². The predicted octanol–water partition coefficient (Wildman–Crippen LogP) is 2.39. The molecule has 0 unspecified atom stereocenters. The van der Waals surface area contributed by atoms with Gasteiger partial charge in [-0.25, -0.2) is 0 Å². The van der Waals surface area contributed by atoms with Crippen LogP contribution in [0.4, 0.5) is 0 Å². The minimum absolute atomic E-state index is 0.158. The topological polar surface area (TPSA) is 89.7 Å². The lowest BCUT2D eigenvalue weighted by molar-refractivity contribution is 0.268. The second kappa shape index (κ2) is 4.64. The summed E-state index contributed by atoms with van der Waals surface area (Å²) < 4.78 is 5.66. The Balaban J connectivity index is 2.01. The first-order chi connectivity index (χ1) is 10.1. The van der Waals surface area contributed by atoms with Crippen molar-refractivity contribution in [2.24, 2.45) is 5.41 Å². The van der Waals surface area contributed by atoms with Gasteiger partial charge in [0.15, 0.2) is 0 Å². The van der Waals surface area contributed by atoms with Crippen molar-refractivity contribution in [2.75, 3.05) is 6.61 Å². The lowest BCUT2D eigenvalue weighted by atomic mass is 10.1. The van der Waals surface area contributed by atoms with Crippen LogP contribution in [0, 0.1) is 35.0 Å². The molecule has 1 aliphatic rings. The summed E-state index contributed by atoms with van der Waals surface area (Å²) in [6, 6.07) is 9.44. The van der Waals surface area contributed by atoms with E-state index in [9.17, 15) is 10.1 Å². The molecular weight excluding hydrogens is 266 g/mol. The Morgan fingerprint density at radius 1 is 1.33 bits per heavy atom. The Kier molecular flexibility index (Phi) is 2.92. The maximum absolute atomic E-state index is 11.7. The Labute approximate surface area is 121 Å². The fraction of sp³-hybridized carbons (Fsp3) is 0.312. The molecular formula is C16H13N3O2.